The lowest BCUT2D eigenvalue weighted by molar-refractivity contribution is 0.208. The Morgan fingerprint density at radius 2 is 1.85 bits per heavy atom. The van der Waals surface area contributed by atoms with Crippen LogP contribution in [-0.2, 0) is 0 Å². The summed E-state index contributed by atoms with van der Waals surface area (Å²) in [6.45, 7) is 5.85. The average molecular weight is 291 g/mol. The fourth-order valence-corrected chi connectivity index (χ4v) is 3.92. The number of hydrogen-bond donors (Lipinski definition) is 0. The minimum Gasteiger partial charge on any atom is -0.298 e. The van der Waals surface area contributed by atoms with Crippen LogP contribution in [0, 0.1) is 0 Å². The maximum atomic E-state index is 8.16. The molecule has 1 heterocycles. The van der Waals surface area contributed by atoms with Gasteiger partial charge in [0.15, 0.2) is 0 Å². The minimum absolute atomic E-state index is 0.0634. The normalized spacial score (nSPS) is 24.9. The number of thioether (sulfide) groups is 1. The van der Waals surface area contributed by atoms with Gasteiger partial charge in [0, 0.05) is 28.8 Å². The number of rotatable bonds is 7. The molecule has 1 aliphatic rings. The maximum Gasteiger partial charge on any atom is 0.0307 e. The van der Waals surface area contributed by atoms with Crippen molar-refractivity contribution in [2.45, 2.75) is 62.6 Å². The second kappa shape index (κ2) is 8.06. The lowest BCUT2D eigenvalue weighted by atomic mass is 10.2. The molecule has 2 rings (SSSR count). The highest BCUT2D eigenvalue weighted by atomic mass is 32.2. The maximum absolute atomic E-state index is 8.16. The molecule has 1 N–H and O–H groups in total. The third-order valence-electron chi connectivity index (χ3n) is 4.30. The summed E-state index contributed by atoms with van der Waals surface area (Å²) in [4.78, 5) is 3.91. The molecule has 20 heavy (non-hydrogen) atoms. The first kappa shape index (κ1) is 15.9. The quantitative estimate of drug-likeness (QED) is 0.708. The summed E-state index contributed by atoms with van der Waals surface area (Å²) in [5, 5.41) is 0. The highest BCUT2D eigenvalue weighted by Gasteiger charge is 2.26. The molecule has 1 saturated heterocycles. The van der Waals surface area contributed by atoms with E-state index in [2.05, 4.69) is 43.0 Å². The molecule has 0 unspecified atom stereocenters. The zero-order chi connectivity index (χ0) is 14.4. The molecular weight excluding hydrogens is 264 g/mol. The molecule has 1 radical (unpaired) electrons. The van der Waals surface area contributed by atoms with Gasteiger partial charge in [-0.05, 0) is 58.2 Å². The molecule has 2 nitrogen and oxygen atoms in total. The Morgan fingerprint density at radius 1 is 1.20 bits per heavy atom. The van der Waals surface area contributed by atoms with Gasteiger partial charge in [-0.1, -0.05) is 18.2 Å². The average Bonchev–Trinajstić information content (AvgIpc) is 2.78. The topological polar surface area (TPSA) is 27.0 Å². The number of nitrogens with zero attached hydrogens (tertiary/aromatic N) is 1. The molecule has 0 saturated carbocycles. The van der Waals surface area contributed by atoms with E-state index in [4.69, 9.17) is 5.73 Å². The lowest BCUT2D eigenvalue weighted by Crippen LogP contribution is -2.34. The molecule has 3 atom stereocenters. The zero-order valence-corrected chi connectivity index (χ0v) is 13.5. The second-order valence-electron chi connectivity index (χ2n) is 5.98. The molecule has 111 valence electrons. The standard InChI is InChI=1S/C17H27N2S/c1-14-10-11-15(2)19(14)12-6-7-16(18)13-20-17-8-4-3-5-9-17/h3-5,8-9,14-16,18H,6-7,10-13H2,1-2H3/t14-,15+,16-/m1/s1. The van der Waals surface area contributed by atoms with Crippen LogP contribution >= 0.6 is 11.8 Å². The molecule has 1 aromatic rings. The second-order valence-corrected chi connectivity index (χ2v) is 7.07. The van der Waals surface area contributed by atoms with Crippen molar-refractivity contribution in [1.82, 2.24) is 10.6 Å². The molecule has 1 aliphatic heterocycles. The zero-order valence-electron chi connectivity index (χ0n) is 12.7. The predicted octanol–water partition coefficient (Wildman–Crippen LogP) is 4.08. The van der Waals surface area contributed by atoms with E-state index < -0.39 is 0 Å². The van der Waals surface area contributed by atoms with Crippen molar-refractivity contribution in [3.8, 4) is 0 Å². The van der Waals surface area contributed by atoms with Crippen LogP contribution in [0.1, 0.15) is 39.5 Å². The number of nitrogens with one attached hydrogen (secondary N) is 1. The van der Waals surface area contributed by atoms with Crippen LogP contribution < -0.4 is 5.73 Å². The van der Waals surface area contributed by atoms with Gasteiger partial charge >= 0.3 is 0 Å². The summed E-state index contributed by atoms with van der Waals surface area (Å²) in [5.41, 5.74) is 8.16. The SMILES string of the molecule is C[C@@H]1CC[C@H](C)N1CCC[C@@H]([NH])CSc1ccccc1. The minimum atomic E-state index is 0.0634. The van der Waals surface area contributed by atoms with Gasteiger partial charge in [0.05, 0.1) is 0 Å². The van der Waals surface area contributed by atoms with Gasteiger partial charge in [-0.3, -0.25) is 10.6 Å². The van der Waals surface area contributed by atoms with Gasteiger partial charge < -0.3 is 0 Å². The number of likely N-dealkylation sites (tertiary alicyclic amines) is 1. The van der Waals surface area contributed by atoms with Crippen molar-refractivity contribution >= 4 is 11.8 Å². The lowest BCUT2D eigenvalue weighted by Gasteiger charge is -2.26. The van der Waals surface area contributed by atoms with E-state index in [9.17, 15) is 0 Å². The molecule has 3 heteroatoms. The number of benzene rings is 1. The van der Waals surface area contributed by atoms with Crippen LogP contribution in [0.4, 0.5) is 0 Å². The fraction of sp³-hybridized carbons (Fsp3) is 0.647. The van der Waals surface area contributed by atoms with Crippen molar-refractivity contribution in [1.29, 1.82) is 0 Å². The molecule has 0 aliphatic carbocycles. The highest BCUT2D eigenvalue weighted by Crippen LogP contribution is 2.24. The van der Waals surface area contributed by atoms with Gasteiger partial charge in [-0.15, -0.1) is 11.8 Å². The molecule has 0 amide bonds. The van der Waals surface area contributed by atoms with Crippen molar-refractivity contribution in [2.24, 2.45) is 0 Å². The summed E-state index contributed by atoms with van der Waals surface area (Å²) in [6, 6.07) is 12.0. The van der Waals surface area contributed by atoms with E-state index in [0.717, 1.165) is 30.7 Å². The van der Waals surface area contributed by atoms with Crippen molar-refractivity contribution < 1.29 is 0 Å². The smallest absolute Gasteiger partial charge is 0.0307 e. The monoisotopic (exact) mass is 291 g/mol. The Hall–Kier alpha value is -0.510. The van der Waals surface area contributed by atoms with Gasteiger partial charge in [-0.2, -0.15) is 0 Å². The molecular formula is C17H27N2S. The summed E-state index contributed by atoms with van der Waals surface area (Å²) >= 11 is 1.81. The molecule has 0 bridgehead atoms. The Morgan fingerprint density at radius 3 is 2.50 bits per heavy atom. The molecule has 0 spiro atoms. The van der Waals surface area contributed by atoms with Crippen LogP contribution in [0.5, 0.6) is 0 Å². The summed E-state index contributed by atoms with van der Waals surface area (Å²) in [6.07, 6.45) is 4.87. The first-order valence-corrected chi connectivity index (χ1v) is 8.80. The van der Waals surface area contributed by atoms with E-state index in [-0.39, 0.29) is 6.04 Å². The molecule has 0 aromatic heterocycles. The van der Waals surface area contributed by atoms with Crippen molar-refractivity contribution in [3.63, 3.8) is 0 Å². The van der Waals surface area contributed by atoms with Crippen LogP contribution in [0.2, 0.25) is 0 Å². The van der Waals surface area contributed by atoms with Crippen LogP contribution in [-0.4, -0.2) is 35.3 Å². The third-order valence-corrected chi connectivity index (χ3v) is 5.47. The van der Waals surface area contributed by atoms with E-state index >= 15 is 0 Å². The molecule has 1 aromatic carbocycles. The summed E-state index contributed by atoms with van der Waals surface area (Å²) in [5.74, 6) is 0.912. The van der Waals surface area contributed by atoms with E-state index in [1.165, 1.54) is 24.3 Å². The van der Waals surface area contributed by atoms with E-state index in [1.54, 1.807) is 0 Å². The highest BCUT2D eigenvalue weighted by molar-refractivity contribution is 7.99. The fourth-order valence-electron chi connectivity index (χ4n) is 3.01. The van der Waals surface area contributed by atoms with E-state index in [1.807, 2.05) is 17.8 Å². The Bertz CT molecular complexity index is 372. The Balaban J connectivity index is 1.62. The van der Waals surface area contributed by atoms with Crippen LogP contribution in [0.25, 0.3) is 0 Å². The van der Waals surface area contributed by atoms with Crippen LogP contribution in [0.3, 0.4) is 0 Å². The Labute approximate surface area is 128 Å². The van der Waals surface area contributed by atoms with Gasteiger partial charge in [0.1, 0.15) is 0 Å². The number of hydrogen-bond acceptors (Lipinski definition) is 2. The largest absolute Gasteiger partial charge is 0.298 e. The Kier molecular flexibility index (Phi) is 6.40. The van der Waals surface area contributed by atoms with Gasteiger partial charge in [-0.25, -0.2) is 0 Å². The van der Waals surface area contributed by atoms with Gasteiger partial charge in [0.25, 0.3) is 0 Å². The van der Waals surface area contributed by atoms with Gasteiger partial charge in [0.2, 0.25) is 0 Å². The molecule has 1 fully saturated rings. The summed E-state index contributed by atoms with van der Waals surface area (Å²) in [7, 11) is 0. The summed E-state index contributed by atoms with van der Waals surface area (Å²) < 4.78 is 0. The predicted molar refractivity (Wildman–Crippen MR) is 88.1 cm³/mol. The third kappa shape index (κ3) is 4.80. The van der Waals surface area contributed by atoms with Crippen LogP contribution in [0.15, 0.2) is 35.2 Å². The van der Waals surface area contributed by atoms with E-state index in [0.29, 0.717) is 0 Å². The van der Waals surface area contributed by atoms with Crippen molar-refractivity contribution in [2.75, 3.05) is 12.3 Å². The van der Waals surface area contributed by atoms with Crippen molar-refractivity contribution in [3.05, 3.63) is 30.3 Å². The first-order chi connectivity index (χ1) is 9.66. The first-order valence-electron chi connectivity index (χ1n) is 7.81.